The number of hydrogen-bond donors (Lipinski definition) is 4. The smallest absolute Gasteiger partial charge is 0.389 e. The van der Waals surface area contributed by atoms with Gasteiger partial charge in [-0.2, -0.15) is 18.3 Å². The third kappa shape index (κ3) is 13.6. The Kier molecular flexibility index (Phi) is 15.9. The predicted molar refractivity (Wildman–Crippen MR) is 253 cm³/mol. The van der Waals surface area contributed by atoms with Gasteiger partial charge in [-0.25, -0.2) is 19.2 Å². The summed E-state index contributed by atoms with van der Waals surface area (Å²) in [6, 6.07) is 11.8. The number of alkyl halides is 3. The average Bonchev–Trinajstić information content (AvgIpc) is 3.78. The molecule has 3 aliphatic heterocycles. The molecule has 0 atom stereocenters. The van der Waals surface area contributed by atoms with Gasteiger partial charge in [-0.1, -0.05) is 17.9 Å². The fourth-order valence-corrected chi connectivity index (χ4v) is 10.2. The van der Waals surface area contributed by atoms with Crippen molar-refractivity contribution in [2.45, 2.75) is 107 Å². The Morgan fingerprint density at radius 1 is 0.971 bits per heavy atom. The van der Waals surface area contributed by atoms with Crippen molar-refractivity contribution in [2.24, 2.45) is 11.8 Å². The van der Waals surface area contributed by atoms with Gasteiger partial charge < -0.3 is 25.0 Å². The monoisotopic (exact) mass is 974 g/mol. The zero-order chi connectivity index (χ0) is 48.7. The van der Waals surface area contributed by atoms with Crippen LogP contribution in [-0.2, 0) is 27.0 Å². The molecule has 4 fully saturated rings. The van der Waals surface area contributed by atoms with Gasteiger partial charge in [-0.15, -0.1) is 0 Å². The molecule has 2 aromatic carbocycles. The van der Waals surface area contributed by atoms with Crippen LogP contribution in [0, 0.1) is 29.5 Å². The lowest BCUT2D eigenvalue weighted by Crippen LogP contribution is -2.49. The first kappa shape index (κ1) is 49.8. The summed E-state index contributed by atoms with van der Waals surface area (Å²) < 4.78 is 68.0. The summed E-state index contributed by atoms with van der Waals surface area (Å²) in [4.78, 5) is 51.8. The molecular formula is C49H58F4N10O5S. The highest BCUT2D eigenvalue weighted by Gasteiger charge is 2.37. The van der Waals surface area contributed by atoms with Crippen molar-refractivity contribution in [3.63, 3.8) is 0 Å². The van der Waals surface area contributed by atoms with Crippen molar-refractivity contribution >= 4 is 47.1 Å². The molecule has 2 aromatic heterocycles. The topological polar surface area (TPSA) is 170 Å². The van der Waals surface area contributed by atoms with Gasteiger partial charge in [0.2, 0.25) is 17.8 Å². The van der Waals surface area contributed by atoms with E-state index in [0.717, 1.165) is 76.6 Å². The number of ether oxygens (including phenoxy) is 1. The number of rotatable bonds is 14. The molecule has 20 heteroatoms. The first-order chi connectivity index (χ1) is 33.0. The van der Waals surface area contributed by atoms with E-state index in [2.05, 4.69) is 47.2 Å². The van der Waals surface area contributed by atoms with Crippen molar-refractivity contribution in [3.05, 3.63) is 78.0 Å². The van der Waals surface area contributed by atoms with Crippen LogP contribution in [0.5, 0.6) is 0 Å². The molecule has 0 unspecified atom stereocenters. The van der Waals surface area contributed by atoms with E-state index < -0.39 is 34.9 Å². The number of benzene rings is 2. The fourth-order valence-electron chi connectivity index (χ4n) is 9.32. The van der Waals surface area contributed by atoms with Crippen LogP contribution in [0.15, 0.2) is 66.0 Å². The lowest BCUT2D eigenvalue weighted by Gasteiger charge is -2.39. The zero-order valence-corrected chi connectivity index (χ0v) is 39.6. The van der Waals surface area contributed by atoms with Gasteiger partial charge in [0.1, 0.15) is 18.0 Å². The molecule has 0 spiro atoms. The summed E-state index contributed by atoms with van der Waals surface area (Å²) in [6.45, 7) is 7.97. The number of carbonyl (C=O) groups excluding carboxylic acids is 3. The number of nitrogens with zero attached hydrogens (tertiary/aromatic N) is 7. The Bertz CT molecular complexity index is 2520. The number of piperidine rings is 2. The van der Waals surface area contributed by atoms with E-state index in [1.54, 1.807) is 19.9 Å². The molecule has 4 aromatic rings. The van der Waals surface area contributed by atoms with Gasteiger partial charge in [0.25, 0.3) is 0 Å². The van der Waals surface area contributed by atoms with E-state index in [0.29, 0.717) is 42.3 Å². The van der Waals surface area contributed by atoms with Crippen LogP contribution in [0.2, 0.25) is 0 Å². The van der Waals surface area contributed by atoms with Gasteiger partial charge in [0.15, 0.2) is 0 Å². The minimum atomic E-state index is -4.75. The van der Waals surface area contributed by atoms with E-state index in [9.17, 15) is 32.7 Å². The number of aliphatic hydroxyl groups is 1. The van der Waals surface area contributed by atoms with Crippen LogP contribution in [-0.4, -0.2) is 116 Å². The van der Waals surface area contributed by atoms with Crippen LogP contribution < -0.4 is 20.3 Å². The van der Waals surface area contributed by atoms with Crippen LogP contribution in [0.25, 0.3) is 11.3 Å². The number of halogens is 4. The highest BCUT2D eigenvalue weighted by atomic mass is 32.2. The van der Waals surface area contributed by atoms with E-state index in [1.165, 1.54) is 46.1 Å². The summed E-state index contributed by atoms with van der Waals surface area (Å²) in [5, 5.41) is 19.2. The summed E-state index contributed by atoms with van der Waals surface area (Å²) in [7, 11) is 0. The molecule has 4 amide bonds. The predicted octanol–water partition coefficient (Wildman–Crippen LogP) is 7.39. The summed E-state index contributed by atoms with van der Waals surface area (Å²) in [5.74, 6) is 5.95. The van der Waals surface area contributed by atoms with E-state index in [1.807, 2.05) is 29.2 Å². The lowest BCUT2D eigenvalue weighted by molar-refractivity contribution is -0.140. The second-order valence-electron chi connectivity index (χ2n) is 18.9. The number of nitrogens with one attached hydrogen (secondary N) is 3. The number of aromatic nitrogens is 4. The maximum absolute atomic E-state index is 15.3. The Morgan fingerprint density at radius 3 is 2.45 bits per heavy atom. The summed E-state index contributed by atoms with van der Waals surface area (Å²) >= 11 is 1.35. The third-order valence-corrected chi connectivity index (χ3v) is 13.9. The molecule has 0 radical (unpaired) electrons. The van der Waals surface area contributed by atoms with E-state index in [4.69, 9.17) is 4.74 Å². The SMILES string of the molecule is CC(C)(O)Cn1cc(-c2nc(Nc3ccc(SNC4CCC(CN5CCC(C(=O)N6CCC(OCC#Cc7cccc(N8CCC(=O)NC8=O)c7)CC6)CC5)CC4)cc3F)ncc2C(F)(F)F)cn1. The Morgan fingerprint density at radius 2 is 1.74 bits per heavy atom. The van der Waals surface area contributed by atoms with Crippen molar-refractivity contribution in [2.75, 3.05) is 56.1 Å². The minimum absolute atomic E-state index is 0.0103. The highest BCUT2D eigenvalue weighted by molar-refractivity contribution is 7.97. The number of urea groups is 1. The van der Waals surface area contributed by atoms with Crippen LogP contribution in [0.1, 0.15) is 82.8 Å². The maximum Gasteiger partial charge on any atom is 0.419 e. The number of likely N-dealkylation sites (tertiary alicyclic amines) is 2. The number of anilines is 3. The van der Waals surface area contributed by atoms with Crippen LogP contribution in [0.3, 0.4) is 0 Å². The fraction of sp³-hybridized carbons (Fsp3) is 0.510. The molecule has 1 saturated carbocycles. The maximum atomic E-state index is 15.3. The second kappa shape index (κ2) is 22.0. The highest BCUT2D eigenvalue weighted by Crippen LogP contribution is 2.37. The average molecular weight is 975 g/mol. The number of imide groups is 1. The largest absolute Gasteiger partial charge is 0.419 e. The molecule has 368 valence electrons. The van der Waals surface area contributed by atoms with Gasteiger partial charge in [-0.05, 0) is 133 Å². The van der Waals surface area contributed by atoms with E-state index >= 15 is 4.39 Å². The summed E-state index contributed by atoms with van der Waals surface area (Å²) in [6.07, 6.45) is 6.20. The first-order valence-corrected chi connectivity index (χ1v) is 24.4. The number of hydrogen-bond acceptors (Lipinski definition) is 12. The molecule has 15 nitrogen and oxygen atoms in total. The number of carbonyl (C=O) groups is 3. The standard InChI is InChI=1S/C49H58F4N10O5S/c1-48(2,67)31-62-30-35(27-55-62)44-40(49(51,52)53)28-54-46(58-44)56-42-13-12-39(26-41(42)50)69-59-36-10-8-33(9-11-36)29-60-19-14-34(15-20-60)45(65)61-21-16-38(17-22-61)68-24-4-6-32-5-3-7-37(25-32)63-23-18-43(64)57-47(63)66/h3,5,7,12-13,25-28,30,33-34,36,38,59,67H,8-11,14-24,29,31H2,1-2H3,(H,54,56,58)(H,57,64,66). The lowest BCUT2D eigenvalue weighted by atomic mass is 9.85. The molecular weight excluding hydrogens is 917 g/mol. The normalized spacial score (nSPS) is 20.1. The molecule has 4 aliphatic rings. The molecule has 8 rings (SSSR count). The summed E-state index contributed by atoms with van der Waals surface area (Å²) in [5.41, 5.74) is -1.11. The van der Waals surface area contributed by atoms with Crippen molar-refractivity contribution in [3.8, 4) is 23.1 Å². The van der Waals surface area contributed by atoms with Gasteiger partial charge in [0.05, 0.1) is 35.8 Å². The van der Waals surface area contributed by atoms with Crippen LogP contribution in [0.4, 0.5) is 39.7 Å². The molecule has 0 bridgehead atoms. The van der Waals surface area contributed by atoms with Gasteiger partial charge in [-0.3, -0.25) is 29.2 Å². The molecule has 69 heavy (non-hydrogen) atoms. The Labute approximate surface area is 403 Å². The quantitative estimate of drug-likeness (QED) is 0.0563. The molecule has 1 aliphatic carbocycles. The first-order valence-electron chi connectivity index (χ1n) is 23.5. The Hall–Kier alpha value is -5.59. The van der Waals surface area contributed by atoms with Gasteiger partial charge in [0, 0.05) is 78.7 Å². The van der Waals surface area contributed by atoms with Crippen molar-refractivity contribution in [1.82, 2.24) is 39.6 Å². The Balaban J connectivity index is 0.715. The minimum Gasteiger partial charge on any atom is -0.389 e. The second-order valence-corrected chi connectivity index (χ2v) is 19.8. The van der Waals surface area contributed by atoms with Crippen molar-refractivity contribution < 1.29 is 41.8 Å². The van der Waals surface area contributed by atoms with Crippen molar-refractivity contribution in [1.29, 1.82) is 0 Å². The van der Waals surface area contributed by atoms with Gasteiger partial charge >= 0.3 is 12.2 Å². The molecule has 5 heterocycles. The third-order valence-electron chi connectivity index (χ3n) is 13.0. The molecule has 4 N–H and O–H groups in total. The van der Waals surface area contributed by atoms with Crippen LogP contribution >= 0.6 is 11.9 Å². The number of amides is 4. The zero-order valence-electron chi connectivity index (χ0n) is 38.7. The molecule has 3 saturated heterocycles. The van der Waals surface area contributed by atoms with E-state index in [-0.39, 0.29) is 66.6 Å².